The van der Waals surface area contributed by atoms with Crippen LogP contribution >= 0.6 is 0 Å². The summed E-state index contributed by atoms with van der Waals surface area (Å²) in [7, 11) is -2.32. The van der Waals surface area contributed by atoms with Crippen LogP contribution in [0, 0.1) is 6.92 Å². The molecule has 0 atom stereocenters. The average molecular weight is 482 g/mol. The van der Waals surface area contributed by atoms with Crippen molar-refractivity contribution >= 4 is 16.0 Å². The van der Waals surface area contributed by atoms with Crippen LogP contribution in [0.25, 0.3) is 11.1 Å². The molecule has 3 aromatic carbocycles. The third kappa shape index (κ3) is 6.92. The maximum atomic E-state index is 13.0. The van der Waals surface area contributed by atoms with Crippen molar-refractivity contribution in [3.8, 4) is 16.9 Å². The van der Waals surface area contributed by atoms with E-state index in [-0.39, 0.29) is 17.3 Å². The van der Waals surface area contributed by atoms with Gasteiger partial charge in [-0.25, -0.2) is 13.1 Å². The van der Waals surface area contributed by atoms with Gasteiger partial charge in [-0.1, -0.05) is 54.1 Å². The van der Waals surface area contributed by atoms with Gasteiger partial charge >= 0.3 is 5.97 Å². The smallest absolute Gasteiger partial charge is 0.309 e. The predicted molar refractivity (Wildman–Crippen MR) is 133 cm³/mol. The summed E-state index contributed by atoms with van der Waals surface area (Å²) in [5, 5.41) is 0. The van der Waals surface area contributed by atoms with Crippen LogP contribution in [0.3, 0.4) is 0 Å². The molecular formula is C27H31NO5S. The first kappa shape index (κ1) is 25.5. The van der Waals surface area contributed by atoms with E-state index in [4.69, 9.17) is 4.74 Å². The Morgan fingerprint density at radius 2 is 1.53 bits per heavy atom. The zero-order valence-corrected chi connectivity index (χ0v) is 21.0. The molecule has 0 saturated carbocycles. The number of hydrogen-bond acceptors (Lipinski definition) is 5. The van der Waals surface area contributed by atoms with Gasteiger partial charge in [0.05, 0.1) is 18.4 Å². The number of ether oxygens (including phenoxy) is 2. The van der Waals surface area contributed by atoms with Gasteiger partial charge in [-0.15, -0.1) is 0 Å². The van der Waals surface area contributed by atoms with E-state index in [1.807, 2.05) is 82.3 Å². The number of carbonyl (C=O) groups is 1. The quantitative estimate of drug-likeness (QED) is 0.456. The van der Waals surface area contributed by atoms with Crippen LogP contribution in [-0.4, -0.2) is 27.0 Å². The second kappa shape index (κ2) is 10.4. The first-order valence-electron chi connectivity index (χ1n) is 11.0. The van der Waals surface area contributed by atoms with Crippen LogP contribution in [0.15, 0.2) is 71.6 Å². The lowest BCUT2D eigenvalue weighted by molar-refractivity contribution is -0.139. The second-order valence-electron chi connectivity index (χ2n) is 9.24. The third-order valence-corrected chi connectivity index (χ3v) is 6.85. The van der Waals surface area contributed by atoms with Gasteiger partial charge in [0.25, 0.3) is 0 Å². The summed E-state index contributed by atoms with van der Waals surface area (Å²) in [6, 6.07) is 20.3. The largest absolute Gasteiger partial charge is 0.489 e. The van der Waals surface area contributed by atoms with Gasteiger partial charge < -0.3 is 9.47 Å². The van der Waals surface area contributed by atoms with Crippen molar-refractivity contribution in [3.05, 3.63) is 83.4 Å². The zero-order valence-electron chi connectivity index (χ0n) is 20.2. The van der Waals surface area contributed by atoms with Crippen molar-refractivity contribution < 1.29 is 22.7 Å². The monoisotopic (exact) mass is 481 g/mol. The second-order valence-corrected chi connectivity index (χ2v) is 10.9. The summed E-state index contributed by atoms with van der Waals surface area (Å²) in [6.07, 6.45) is 0.222. The molecular weight excluding hydrogens is 450 g/mol. The Labute approximate surface area is 202 Å². The van der Waals surface area contributed by atoms with Gasteiger partial charge in [0, 0.05) is 11.1 Å². The summed E-state index contributed by atoms with van der Waals surface area (Å²) in [5.41, 5.74) is 3.67. The molecule has 0 amide bonds. The van der Waals surface area contributed by atoms with E-state index in [2.05, 4.69) is 9.46 Å². The highest BCUT2D eigenvalue weighted by Crippen LogP contribution is 2.30. The van der Waals surface area contributed by atoms with Crippen LogP contribution in [0.4, 0.5) is 0 Å². The van der Waals surface area contributed by atoms with Crippen molar-refractivity contribution in [2.75, 3.05) is 7.11 Å². The van der Waals surface area contributed by atoms with Crippen molar-refractivity contribution in [2.45, 2.75) is 51.2 Å². The van der Waals surface area contributed by atoms with Crippen LogP contribution in [0.5, 0.6) is 5.75 Å². The molecule has 0 spiro atoms. The minimum absolute atomic E-state index is 0.222. The van der Waals surface area contributed by atoms with E-state index < -0.39 is 15.6 Å². The molecule has 0 aliphatic rings. The van der Waals surface area contributed by atoms with Crippen LogP contribution in [0.1, 0.15) is 37.5 Å². The van der Waals surface area contributed by atoms with Gasteiger partial charge in [-0.2, -0.15) is 0 Å². The summed E-state index contributed by atoms with van der Waals surface area (Å²) >= 11 is 0. The fraction of sp³-hybridized carbons (Fsp3) is 0.296. The number of aryl methyl sites for hydroxylation is 1. The summed E-state index contributed by atoms with van der Waals surface area (Å²) in [6.45, 7) is 7.76. The van der Waals surface area contributed by atoms with Crippen molar-refractivity contribution in [3.63, 3.8) is 0 Å². The number of hydrogen-bond donors (Lipinski definition) is 1. The number of esters is 1. The van der Waals surface area contributed by atoms with E-state index in [1.165, 1.54) is 7.11 Å². The molecule has 0 aliphatic carbocycles. The molecule has 180 valence electrons. The van der Waals surface area contributed by atoms with Crippen LogP contribution in [-0.2, 0) is 32.6 Å². The number of methoxy groups -OCH3 is 1. The molecule has 0 unspecified atom stereocenters. The number of sulfonamides is 1. The third-order valence-electron chi connectivity index (χ3n) is 5.04. The Bertz CT molecular complexity index is 1240. The minimum atomic E-state index is -3.69. The lowest BCUT2D eigenvalue weighted by atomic mass is 10.0. The molecule has 0 aliphatic heterocycles. The molecule has 0 bridgehead atoms. The molecule has 0 fully saturated rings. The lowest BCUT2D eigenvalue weighted by Crippen LogP contribution is -2.40. The fourth-order valence-electron chi connectivity index (χ4n) is 3.45. The van der Waals surface area contributed by atoms with Gasteiger partial charge in [0.15, 0.2) is 0 Å². The van der Waals surface area contributed by atoms with Crippen molar-refractivity contribution in [2.24, 2.45) is 0 Å². The molecule has 0 heterocycles. The zero-order chi connectivity index (χ0) is 24.9. The molecule has 7 heteroatoms. The highest BCUT2D eigenvalue weighted by atomic mass is 32.2. The summed E-state index contributed by atoms with van der Waals surface area (Å²) < 4.78 is 39.3. The van der Waals surface area contributed by atoms with Crippen LogP contribution < -0.4 is 9.46 Å². The standard InChI is InChI=1S/C27H31NO5S/c1-19-6-15-25(34(30,31)28-27(2,3)4)24(16-19)22-11-7-21(8-12-22)18-33-23-13-9-20(10-14-23)17-26(29)32-5/h6-16,28H,17-18H2,1-5H3. The summed E-state index contributed by atoms with van der Waals surface area (Å²) in [5.74, 6) is 0.408. The Balaban J connectivity index is 1.75. The highest BCUT2D eigenvalue weighted by molar-refractivity contribution is 7.89. The van der Waals surface area contributed by atoms with E-state index in [1.54, 1.807) is 12.1 Å². The first-order chi connectivity index (χ1) is 16.0. The van der Waals surface area contributed by atoms with E-state index in [0.717, 1.165) is 22.3 Å². The summed E-state index contributed by atoms with van der Waals surface area (Å²) in [4.78, 5) is 11.6. The normalized spacial score (nSPS) is 11.8. The Kier molecular flexibility index (Phi) is 7.79. The Morgan fingerprint density at radius 1 is 0.912 bits per heavy atom. The molecule has 6 nitrogen and oxygen atoms in total. The van der Waals surface area contributed by atoms with Gasteiger partial charge in [0.2, 0.25) is 10.0 Å². The number of carbonyl (C=O) groups excluding carboxylic acids is 1. The SMILES string of the molecule is COC(=O)Cc1ccc(OCc2ccc(-c3cc(C)ccc3S(=O)(=O)NC(C)(C)C)cc2)cc1. The minimum Gasteiger partial charge on any atom is -0.489 e. The molecule has 3 aromatic rings. The Morgan fingerprint density at radius 3 is 2.12 bits per heavy atom. The van der Waals surface area contributed by atoms with E-state index >= 15 is 0 Å². The Hall–Kier alpha value is -3.16. The number of nitrogens with one attached hydrogen (secondary N) is 1. The number of benzene rings is 3. The molecule has 0 radical (unpaired) electrons. The van der Waals surface area contributed by atoms with E-state index in [9.17, 15) is 13.2 Å². The molecule has 0 saturated heterocycles. The maximum Gasteiger partial charge on any atom is 0.309 e. The number of rotatable bonds is 8. The fourth-order valence-corrected chi connectivity index (χ4v) is 5.08. The van der Waals surface area contributed by atoms with Crippen molar-refractivity contribution in [1.29, 1.82) is 0 Å². The molecule has 34 heavy (non-hydrogen) atoms. The van der Waals surface area contributed by atoms with E-state index in [0.29, 0.717) is 17.9 Å². The van der Waals surface area contributed by atoms with Gasteiger partial charge in [-0.05, 0) is 62.6 Å². The molecule has 1 N–H and O–H groups in total. The average Bonchev–Trinajstić information content (AvgIpc) is 2.77. The lowest BCUT2D eigenvalue weighted by Gasteiger charge is -2.22. The first-order valence-corrected chi connectivity index (χ1v) is 12.5. The van der Waals surface area contributed by atoms with Crippen LogP contribution in [0.2, 0.25) is 0 Å². The van der Waals surface area contributed by atoms with Gasteiger partial charge in [0.1, 0.15) is 12.4 Å². The molecule has 0 aromatic heterocycles. The van der Waals surface area contributed by atoms with Gasteiger partial charge in [-0.3, -0.25) is 4.79 Å². The highest BCUT2D eigenvalue weighted by Gasteiger charge is 2.25. The predicted octanol–water partition coefficient (Wildman–Crippen LogP) is 5.03. The topological polar surface area (TPSA) is 81.7 Å². The maximum absolute atomic E-state index is 13.0. The van der Waals surface area contributed by atoms with Crippen molar-refractivity contribution in [1.82, 2.24) is 4.72 Å². The molecule has 3 rings (SSSR count).